The van der Waals surface area contributed by atoms with Gasteiger partial charge in [-0.1, -0.05) is 13.8 Å². The van der Waals surface area contributed by atoms with Crippen molar-refractivity contribution in [1.29, 1.82) is 0 Å². The maximum absolute atomic E-state index is 13.3. The van der Waals surface area contributed by atoms with Gasteiger partial charge in [-0.15, -0.1) is 0 Å². The van der Waals surface area contributed by atoms with Gasteiger partial charge >= 0.3 is 0 Å². The summed E-state index contributed by atoms with van der Waals surface area (Å²) in [6, 6.07) is 2.65. The largest absolute Gasteiger partial charge is 0.476 e. The Kier molecular flexibility index (Phi) is 4.93. The van der Waals surface area contributed by atoms with Crippen LogP contribution in [0.25, 0.3) is 0 Å². The summed E-state index contributed by atoms with van der Waals surface area (Å²) in [5, 5.41) is 9.92. The normalized spacial score (nSPS) is 26.2. The SMILES string of the molecule is CC1(C)CC(C(N)O)N(C(=O)c2ccc(N3CC(F)(F)C3)c(OCC3CC3)n2)C1. The zero-order chi connectivity index (χ0) is 21.0. The molecule has 4 rings (SSSR count). The zero-order valence-corrected chi connectivity index (χ0v) is 16.8. The van der Waals surface area contributed by atoms with Crippen molar-refractivity contribution in [2.75, 3.05) is 31.1 Å². The highest BCUT2D eigenvalue weighted by Crippen LogP contribution is 2.39. The Morgan fingerprint density at radius 2 is 2.03 bits per heavy atom. The molecule has 3 heterocycles. The van der Waals surface area contributed by atoms with Gasteiger partial charge in [-0.25, -0.2) is 13.8 Å². The van der Waals surface area contributed by atoms with E-state index in [4.69, 9.17) is 10.5 Å². The maximum Gasteiger partial charge on any atom is 0.282 e. The van der Waals surface area contributed by atoms with Crippen molar-refractivity contribution in [3.63, 3.8) is 0 Å². The number of halogens is 2. The molecular formula is C20H28F2N4O3. The van der Waals surface area contributed by atoms with Crippen molar-refractivity contribution < 1.29 is 23.4 Å². The number of aliphatic hydroxyl groups excluding tert-OH is 1. The van der Waals surface area contributed by atoms with E-state index in [1.54, 1.807) is 11.0 Å². The molecule has 3 fully saturated rings. The van der Waals surface area contributed by atoms with Crippen molar-refractivity contribution in [1.82, 2.24) is 9.88 Å². The highest BCUT2D eigenvalue weighted by Gasteiger charge is 2.46. The molecular weight excluding hydrogens is 382 g/mol. The number of hydrogen-bond donors (Lipinski definition) is 2. The average Bonchev–Trinajstić information content (AvgIpc) is 3.38. The first-order valence-electron chi connectivity index (χ1n) is 10.1. The minimum atomic E-state index is -2.71. The lowest BCUT2D eigenvalue weighted by Crippen LogP contribution is -2.56. The van der Waals surface area contributed by atoms with Crippen LogP contribution in [0.5, 0.6) is 5.88 Å². The van der Waals surface area contributed by atoms with E-state index in [-0.39, 0.29) is 36.0 Å². The molecule has 3 N–H and O–H groups in total. The number of anilines is 1. The Labute approximate surface area is 168 Å². The van der Waals surface area contributed by atoms with Gasteiger partial charge in [-0.2, -0.15) is 0 Å². The van der Waals surface area contributed by atoms with E-state index in [2.05, 4.69) is 4.98 Å². The first-order chi connectivity index (χ1) is 13.5. The van der Waals surface area contributed by atoms with Crippen LogP contribution >= 0.6 is 0 Å². The first-order valence-corrected chi connectivity index (χ1v) is 10.1. The lowest BCUT2D eigenvalue weighted by molar-refractivity contribution is -0.0265. The Morgan fingerprint density at radius 1 is 1.34 bits per heavy atom. The van der Waals surface area contributed by atoms with Crippen LogP contribution in [0.2, 0.25) is 0 Å². The number of aromatic nitrogens is 1. The van der Waals surface area contributed by atoms with Crippen LogP contribution in [0.4, 0.5) is 14.5 Å². The molecule has 29 heavy (non-hydrogen) atoms. The number of rotatable bonds is 6. The number of aliphatic hydroxyl groups is 1. The number of pyridine rings is 1. The molecule has 3 aliphatic rings. The highest BCUT2D eigenvalue weighted by atomic mass is 19.3. The van der Waals surface area contributed by atoms with E-state index in [0.29, 0.717) is 31.2 Å². The van der Waals surface area contributed by atoms with Crippen molar-refractivity contribution in [2.24, 2.45) is 17.1 Å². The van der Waals surface area contributed by atoms with Crippen LogP contribution in [0, 0.1) is 11.3 Å². The van der Waals surface area contributed by atoms with Crippen LogP contribution in [0.3, 0.4) is 0 Å². The fraction of sp³-hybridized carbons (Fsp3) is 0.700. The molecule has 2 aliphatic heterocycles. The van der Waals surface area contributed by atoms with Gasteiger partial charge in [-0.3, -0.25) is 4.79 Å². The molecule has 1 amide bonds. The third-order valence-electron chi connectivity index (χ3n) is 5.81. The Bertz CT molecular complexity index is 790. The molecule has 0 radical (unpaired) electrons. The van der Waals surface area contributed by atoms with Gasteiger partial charge in [0.25, 0.3) is 11.8 Å². The van der Waals surface area contributed by atoms with E-state index < -0.39 is 18.2 Å². The van der Waals surface area contributed by atoms with Gasteiger partial charge in [0.15, 0.2) is 0 Å². The Morgan fingerprint density at radius 3 is 2.62 bits per heavy atom. The summed E-state index contributed by atoms with van der Waals surface area (Å²) in [7, 11) is 0. The van der Waals surface area contributed by atoms with Crippen molar-refractivity contribution in [3.05, 3.63) is 17.8 Å². The number of nitrogens with zero attached hydrogens (tertiary/aromatic N) is 3. The topological polar surface area (TPSA) is 91.9 Å². The second-order valence-electron chi connectivity index (χ2n) is 9.35. The van der Waals surface area contributed by atoms with Crippen LogP contribution in [-0.2, 0) is 0 Å². The molecule has 1 aromatic heterocycles. The van der Waals surface area contributed by atoms with E-state index in [1.165, 1.54) is 11.0 Å². The predicted molar refractivity (Wildman–Crippen MR) is 103 cm³/mol. The molecule has 1 saturated carbocycles. The second kappa shape index (κ2) is 7.05. The van der Waals surface area contributed by atoms with Crippen LogP contribution in [-0.4, -0.2) is 65.3 Å². The van der Waals surface area contributed by atoms with Gasteiger partial charge in [0.2, 0.25) is 5.88 Å². The summed E-state index contributed by atoms with van der Waals surface area (Å²) in [6.07, 6.45) is 1.60. The number of carbonyl (C=O) groups excluding carboxylic acids is 1. The van der Waals surface area contributed by atoms with E-state index in [9.17, 15) is 18.7 Å². The fourth-order valence-electron chi connectivity index (χ4n) is 4.06. The van der Waals surface area contributed by atoms with Crippen molar-refractivity contribution in [2.45, 2.75) is 51.3 Å². The molecule has 0 spiro atoms. The number of alkyl halides is 2. The molecule has 0 aromatic carbocycles. The number of ether oxygens (including phenoxy) is 1. The van der Waals surface area contributed by atoms with Gasteiger partial charge in [0, 0.05) is 6.54 Å². The summed E-state index contributed by atoms with van der Waals surface area (Å²) in [5.74, 6) is -2.39. The minimum Gasteiger partial charge on any atom is -0.476 e. The summed E-state index contributed by atoms with van der Waals surface area (Å²) in [6.45, 7) is 4.17. The van der Waals surface area contributed by atoms with Gasteiger partial charge in [-0.05, 0) is 42.7 Å². The van der Waals surface area contributed by atoms with Crippen LogP contribution in [0.15, 0.2) is 12.1 Å². The van der Waals surface area contributed by atoms with E-state index >= 15 is 0 Å². The van der Waals surface area contributed by atoms with Crippen molar-refractivity contribution >= 4 is 11.6 Å². The summed E-state index contributed by atoms with van der Waals surface area (Å²) in [4.78, 5) is 20.6. The number of hydrogen-bond acceptors (Lipinski definition) is 6. The Hall–Kier alpha value is -2.00. The molecule has 0 bridgehead atoms. The monoisotopic (exact) mass is 410 g/mol. The van der Waals surface area contributed by atoms with Gasteiger partial charge < -0.3 is 25.4 Å². The second-order valence-corrected chi connectivity index (χ2v) is 9.35. The van der Waals surface area contributed by atoms with E-state index in [1.807, 2.05) is 13.8 Å². The number of amides is 1. The van der Waals surface area contributed by atoms with Crippen molar-refractivity contribution in [3.8, 4) is 5.88 Å². The molecule has 1 aliphatic carbocycles. The first kappa shape index (κ1) is 20.3. The summed E-state index contributed by atoms with van der Waals surface area (Å²) >= 11 is 0. The fourth-order valence-corrected chi connectivity index (χ4v) is 4.06. The third kappa shape index (κ3) is 4.30. The van der Waals surface area contributed by atoms with Gasteiger partial charge in [0.1, 0.15) is 17.6 Å². The molecule has 7 nitrogen and oxygen atoms in total. The number of likely N-dealkylation sites (tertiary alicyclic amines) is 1. The van der Waals surface area contributed by atoms with Crippen LogP contribution < -0.4 is 15.4 Å². The minimum absolute atomic E-state index is 0.162. The quantitative estimate of drug-likeness (QED) is 0.696. The zero-order valence-electron chi connectivity index (χ0n) is 16.8. The number of nitrogens with two attached hydrogens (primary N) is 1. The predicted octanol–water partition coefficient (Wildman–Crippen LogP) is 1.84. The number of carbonyl (C=O) groups is 1. The molecule has 2 atom stereocenters. The summed E-state index contributed by atoms with van der Waals surface area (Å²) in [5.41, 5.74) is 6.16. The molecule has 2 saturated heterocycles. The highest BCUT2D eigenvalue weighted by molar-refractivity contribution is 5.93. The molecule has 1 aromatic rings. The molecule has 2 unspecified atom stereocenters. The lowest BCUT2D eigenvalue weighted by atomic mass is 9.90. The smallest absolute Gasteiger partial charge is 0.282 e. The van der Waals surface area contributed by atoms with Gasteiger partial charge in [0.05, 0.1) is 25.7 Å². The standard InChI is InChI=1S/C20H28F2N4O3/c1-19(2)7-15(16(23)27)26(9-19)18(28)13-5-6-14(25-10-20(21,22)11-25)17(24-13)29-8-12-3-4-12/h5-6,12,15-16,27H,3-4,7-11,23H2,1-2H3. The van der Waals surface area contributed by atoms with Crippen LogP contribution in [0.1, 0.15) is 43.6 Å². The molecule has 160 valence electrons. The summed E-state index contributed by atoms with van der Waals surface area (Å²) < 4.78 is 32.5. The van der Waals surface area contributed by atoms with E-state index in [0.717, 1.165) is 12.8 Å². The average molecular weight is 410 g/mol. The maximum atomic E-state index is 13.3. The third-order valence-corrected chi connectivity index (χ3v) is 5.81. The Balaban J connectivity index is 1.58. The lowest BCUT2D eigenvalue weighted by Gasteiger charge is -2.40. The molecule has 9 heteroatoms.